The number of nitrogens with one attached hydrogen (secondary N) is 2. The van der Waals surface area contributed by atoms with Gasteiger partial charge in [-0.2, -0.15) is 0 Å². The number of likely N-dealkylation sites (N-methyl/N-ethyl adjacent to an activating group) is 1. The predicted octanol–water partition coefficient (Wildman–Crippen LogP) is 2.51. The lowest BCUT2D eigenvalue weighted by Crippen LogP contribution is -2.43. The van der Waals surface area contributed by atoms with Gasteiger partial charge in [0.15, 0.2) is 0 Å². The first kappa shape index (κ1) is 11.2. The Kier molecular flexibility index (Phi) is 3.67. The van der Waals surface area contributed by atoms with Crippen molar-refractivity contribution in [2.75, 3.05) is 7.05 Å². The van der Waals surface area contributed by atoms with Gasteiger partial charge in [0.05, 0.1) is 5.54 Å². The summed E-state index contributed by atoms with van der Waals surface area (Å²) in [5.74, 6) is 0. The maximum Gasteiger partial charge on any atom is 0.0541 e. The van der Waals surface area contributed by atoms with Crippen LogP contribution in [0.25, 0.3) is 0 Å². The largest absolute Gasteiger partial charge is 0.311 e. The Balaban J connectivity index is 2.87. The molecule has 3 heteroatoms. The molecule has 1 aromatic carbocycles. The lowest BCUT2D eigenvalue weighted by atomic mass is 9.94. The van der Waals surface area contributed by atoms with Gasteiger partial charge in [0, 0.05) is 11.2 Å². The molecular formula is C11H15ClN2. The molecule has 0 saturated heterocycles. The average molecular weight is 211 g/mol. The fourth-order valence-corrected chi connectivity index (χ4v) is 1.45. The molecule has 0 aromatic heterocycles. The van der Waals surface area contributed by atoms with Crippen LogP contribution >= 0.6 is 11.6 Å². The molecule has 0 spiro atoms. The van der Waals surface area contributed by atoms with Crippen LogP contribution in [-0.2, 0) is 6.42 Å². The van der Waals surface area contributed by atoms with E-state index in [1.54, 1.807) is 0 Å². The number of halogens is 1. The van der Waals surface area contributed by atoms with Crippen LogP contribution in [-0.4, -0.2) is 18.8 Å². The number of hydrogen-bond donors (Lipinski definition) is 2. The Morgan fingerprint density at radius 1 is 1.50 bits per heavy atom. The second-order valence-corrected chi connectivity index (χ2v) is 3.99. The third-order valence-electron chi connectivity index (χ3n) is 2.41. The quantitative estimate of drug-likeness (QED) is 0.737. The fraction of sp³-hybridized carbons (Fsp3) is 0.364. The van der Waals surface area contributed by atoms with Gasteiger partial charge in [-0.3, -0.25) is 0 Å². The molecule has 2 nitrogen and oxygen atoms in total. The van der Waals surface area contributed by atoms with Crippen molar-refractivity contribution in [2.45, 2.75) is 18.9 Å². The molecular weight excluding hydrogens is 196 g/mol. The molecule has 0 amide bonds. The lowest BCUT2D eigenvalue weighted by molar-refractivity contribution is 0.518. The molecule has 0 aliphatic heterocycles. The normalized spacial score (nSPS) is 14.8. The first-order valence-electron chi connectivity index (χ1n) is 4.55. The third-order valence-corrected chi connectivity index (χ3v) is 2.77. The average Bonchev–Trinajstić information content (AvgIpc) is 2.21. The summed E-state index contributed by atoms with van der Waals surface area (Å²) in [5, 5.41) is 11.2. The Labute approximate surface area is 89.8 Å². The first-order valence-corrected chi connectivity index (χ1v) is 4.93. The van der Waals surface area contributed by atoms with Crippen molar-refractivity contribution < 1.29 is 0 Å². The summed E-state index contributed by atoms with van der Waals surface area (Å²) < 4.78 is 0. The lowest BCUT2D eigenvalue weighted by Gasteiger charge is -2.24. The highest BCUT2D eigenvalue weighted by Gasteiger charge is 2.20. The van der Waals surface area contributed by atoms with Crippen LogP contribution in [0.15, 0.2) is 24.3 Å². The molecule has 1 aromatic rings. The summed E-state index contributed by atoms with van der Waals surface area (Å²) >= 11 is 6.04. The molecule has 2 N–H and O–H groups in total. The monoisotopic (exact) mass is 210 g/mol. The van der Waals surface area contributed by atoms with Crippen LogP contribution in [0, 0.1) is 5.41 Å². The zero-order valence-corrected chi connectivity index (χ0v) is 9.23. The van der Waals surface area contributed by atoms with Gasteiger partial charge in [0.25, 0.3) is 0 Å². The van der Waals surface area contributed by atoms with E-state index in [-0.39, 0.29) is 5.54 Å². The second kappa shape index (κ2) is 4.58. The van der Waals surface area contributed by atoms with E-state index < -0.39 is 0 Å². The summed E-state index contributed by atoms with van der Waals surface area (Å²) in [6.45, 7) is 1.98. The van der Waals surface area contributed by atoms with Crippen molar-refractivity contribution in [3.8, 4) is 0 Å². The minimum absolute atomic E-state index is 0.314. The van der Waals surface area contributed by atoms with E-state index in [0.717, 1.165) is 17.0 Å². The van der Waals surface area contributed by atoms with Crippen molar-refractivity contribution in [1.82, 2.24) is 5.32 Å². The van der Waals surface area contributed by atoms with Gasteiger partial charge < -0.3 is 10.7 Å². The molecule has 0 fully saturated rings. The number of benzene rings is 1. The molecule has 0 saturated carbocycles. The van der Waals surface area contributed by atoms with Gasteiger partial charge in [-0.05, 0) is 32.0 Å². The Morgan fingerprint density at radius 2 is 2.14 bits per heavy atom. The van der Waals surface area contributed by atoms with Crippen molar-refractivity contribution in [1.29, 1.82) is 5.41 Å². The molecule has 0 bridgehead atoms. The maximum absolute atomic E-state index is 7.35. The minimum atomic E-state index is -0.314. The molecule has 0 aliphatic rings. The minimum Gasteiger partial charge on any atom is -0.311 e. The highest BCUT2D eigenvalue weighted by molar-refractivity contribution is 6.31. The Hall–Kier alpha value is -0.860. The number of hydrogen-bond acceptors (Lipinski definition) is 2. The zero-order chi connectivity index (χ0) is 10.6. The smallest absolute Gasteiger partial charge is 0.0541 e. The maximum atomic E-state index is 7.35. The molecule has 0 radical (unpaired) electrons. The van der Waals surface area contributed by atoms with Gasteiger partial charge >= 0.3 is 0 Å². The molecule has 14 heavy (non-hydrogen) atoms. The van der Waals surface area contributed by atoms with E-state index in [4.69, 9.17) is 17.0 Å². The molecule has 1 unspecified atom stereocenters. The van der Waals surface area contributed by atoms with Crippen LogP contribution < -0.4 is 5.32 Å². The summed E-state index contributed by atoms with van der Waals surface area (Å²) in [7, 11) is 1.85. The summed E-state index contributed by atoms with van der Waals surface area (Å²) in [6, 6.07) is 7.73. The van der Waals surface area contributed by atoms with E-state index in [9.17, 15) is 0 Å². The summed E-state index contributed by atoms with van der Waals surface area (Å²) in [6.07, 6.45) is 2.14. The topological polar surface area (TPSA) is 35.9 Å². The SMILES string of the molecule is CNC(C)(C=N)Cc1ccccc1Cl. The number of rotatable bonds is 4. The van der Waals surface area contributed by atoms with Gasteiger partial charge in [-0.15, -0.1) is 0 Å². The molecule has 1 rings (SSSR count). The Morgan fingerprint density at radius 3 is 2.64 bits per heavy atom. The molecule has 76 valence electrons. The van der Waals surface area contributed by atoms with Crippen molar-refractivity contribution in [3.05, 3.63) is 34.9 Å². The highest BCUT2D eigenvalue weighted by atomic mass is 35.5. The van der Waals surface area contributed by atoms with Gasteiger partial charge in [-0.25, -0.2) is 0 Å². The van der Waals surface area contributed by atoms with E-state index in [2.05, 4.69) is 5.32 Å². The van der Waals surface area contributed by atoms with Crippen molar-refractivity contribution in [2.24, 2.45) is 0 Å². The first-order chi connectivity index (χ1) is 6.61. The second-order valence-electron chi connectivity index (χ2n) is 3.58. The highest BCUT2D eigenvalue weighted by Crippen LogP contribution is 2.19. The van der Waals surface area contributed by atoms with E-state index >= 15 is 0 Å². The van der Waals surface area contributed by atoms with Gasteiger partial charge in [0.2, 0.25) is 0 Å². The van der Waals surface area contributed by atoms with E-state index in [0.29, 0.717) is 0 Å². The Bertz CT molecular complexity index is 325. The van der Waals surface area contributed by atoms with Crippen LogP contribution in [0.4, 0.5) is 0 Å². The molecule has 0 aliphatic carbocycles. The predicted molar refractivity (Wildman–Crippen MR) is 61.4 cm³/mol. The zero-order valence-electron chi connectivity index (χ0n) is 8.47. The van der Waals surface area contributed by atoms with Gasteiger partial charge in [0.1, 0.15) is 0 Å². The standard InChI is InChI=1S/C11H15ClN2/c1-11(8-13,14-2)7-9-5-3-4-6-10(9)12/h3-6,8,13-14H,7H2,1-2H3. The fourth-order valence-electron chi connectivity index (χ4n) is 1.25. The van der Waals surface area contributed by atoms with Crippen LogP contribution in [0.2, 0.25) is 5.02 Å². The molecule has 0 heterocycles. The van der Waals surface area contributed by atoms with E-state index in [1.807, 2.05) is 38.2 Å². The van der Waals surface area contributed by atoms with Gasteiger partial charge in [-0.1, -0.05) is 29.8 Å². The molecule has 1 atom stereocenters. The summed E-state index contributed by atoms with van der Waals surface area (Å²) in [4.78, 5) is 0. The summed E-state index contributed by atoms with van der Waals surface area (Å²) in [5.41, 5.74) is 0.750. The van der Waals surface area contributed by atoms with E-state index in [1.165, 1.54) is 6.21 Å². The van der Waals surface area contributed by atoms with Crippen molar-refractivity contribution in [3.63, 3.8) is 0 Å². The van der Waals surface area contributed by atoms with Crippen molar-refractivity contribution >= 4 is 17.8 Å². The van der Waals surface area contributed by atoms with Crippen LogP contribution in [0.3, 0.4) is 0 Å². The third kappa shape index (κ3) is 2.56. The van der Waals surface area contributed by atoms with Crippen LogP contribution in [0.5, 0.6) is 0 Å². The van der Waals surface area contributed by atoms with Crippen LogP contribution in [0.1, 0.15) is 12.5 Å².